The monoisotopic (exact) mass is 261 g/mol. The predicted octanol–water partition coefficient (Wildman–Crippen LogP) is 1.31. The average Bonchev–Trinajstić information content (AvgIpc) is 2.47. The van der Waals surface area contributed by atoms with Gasteiger partial charge in [-0.25, -0.2) is 0 Å². The molecule has 1 atom stereocenters. The van der Waals surface area contributed by atoms with Crippen LogP contribution in [0.25, 0.3) is 0 Å². The maximum atomic E-state index is 12.5. The van der Waals surface area contributed by atoms with Gasteiger partial charge in [0.15, 0.2) is 0 Å². The van der Waals surface area contributed by atoms with Crippen LogP contribution < -0.4 is 5.73 Å². The van der Waals surface area contributed by atoms with Crippen LogP contribution >= 0.6 is 0 Å². The molecule has 1 aromatic rings. The molecule has 1 amide bonds. The van der Waals surface area contributed by atoms with E-state index in [2.05, 4.69) is 18.9 Å². The van der Waals surface area contributed by atoms with Crippen molar-refractivity contribution in [3.8, 4) is 0 Å². The Labute approximate surface area is 115 Å². The van der Waals surface area contributed by atoms with Gasteiger partial charge in [0.25, 0.3) is 5.91 Å². The Kier molecular flexibility index (Phi) is 4.56. The number of nitrogens with two attached hydrogens (primary N) is 1. The van der Waals surface area contributed by atoms with Crippen molar-refractivity contribution in [2.24, 2.45) is 5.73 Å². The molecule has 1 unspecified atom stereocenters. The second kappa shape index (κ2) is 6.17. The summed E-state index contributed by atoms with van der Waals surface area (Å²) in [5, 5.41) is 0. The van der Waals surface area contributed by atoms with Crippen molar-refractivity contribution in [3.05, 3.63) is 35.4 Å². The zero-order chi connectivity index (χ0) is 13.8. The van der Waals surface area contributed by atoms with Gasteiger partial charge in [0, 0.05) is 37.8 Å². The van der Waals surface area contributed by atoms with E-state index in [1.807, 2.05) is 29.2 Å². The van der Waals surface area contributed by atoms with Crippen molar-refractivity contribution in [1.82, 2.24) is 9.80 Å². The Morgan fingerprint density at radius 3 is 2.89 bits per heavy atom. The van der Waals surface area contributed by atoms with Gasteiger partial charge in [0.1, 0.15) is 0 Å². The van der Waals surface area contributed by atoms with E-state index in [9.17, 15) is 4.79 Å². The van der Waals surface area contributed by atoms with Crippen LogP contribution in [0.5, 0.6) is 0 Å². The topological polar surface area (TPSA) is 49.6 Å². The molecule has 1 heterocycles. The highest BCUT2D eigenvalue weighted by atomic mass is 16.2. The molecule has 4 heteroatoms. The summed E-state index contributed by atoms with van der Waals surface area (Å²) in [5.74, 6) is 0.127. The van der Waals surface area contributed by atoms with Crippen LogP contribution in [0.1, 0.15) is 29.3 Å². The van der Waals surface area contributed by atoms with E-state index >= 15 is 0 Å². The highest BCUT2D eigenvalue weighted by molar-refractivity contribution is 5.94. The second-order valence-electron chi connectivity index (χ2n) is 5.20. The SMILES string of the molecule is CCC1CN(C(=O)c2cccc(CN)c2)CCN1C. The zero-order valence-electron chi connectivity index (χ0n) is 11.8. The molecule has 0 aliphatic carbocycles. The van der Waals surface area contributed by atoms with E-state index in [0.29, 0.717) is 12.6 Å². The molecule has 1 fully saturated rings. The summed E-state index contributed by atoms with van der Waals surface area (Å²) in [4.78, 5) is 16.8. The molecule has 2 rings (SSSR count). The predicted molar refractivity (Wildman–Crippen MR) is 76.9 cm³/mol. The molecule has 0 saturated carbocycles. The van der Waals surface area contributed by atoms with Gasteiger partial charge in [-0.2, -0.15) is 0 Å². The lowest BCUT2D eigenvalue weighted by molar-refractivity contribution is 0.0542. The maximum absolute atomic E-state index is 12.5. The Bertz CT molecular complexity index is 447. The fourth-order valence-corrected chi connectivity index (χ4v) is 2.59. The highest BCUT2D eigenvalue weighted by Gasteiger charge is 2.26. The normalized spacial score (nSPS) is 20.6. The van der Waals surface area contributed by atoms with Gasteiger partial charge < -0.3 is 10.6 Å². The smallest absolute Gasteiger partial charge is 0.253 e. The van der Waals surface area contributed by atoms with Gasteiger partial charge in [0.05, 0.1) is 0 Å². The fourth-order valence-electron chi connectivity index (χ4n) is 2.59. The summed E-state index contributed by atoms with van der Waals surface area (Å²) in [6.07, 6.45) is 1.07. The van der Waals surface area contributed by atoms with Crippen LogP contribution in [0.4, 0.5) is 0 Å². The quantitative estimate of drug-likeness (QED) is 0.892. The maximum Gasteiger partial charge on any atom is 0.253 e. The summed E-state index contributed by atoms with van der Waals surface area (Å²) >= 11 is 0. The summed E-state index contributed by atoms with van der Waals surface area (Å²) in [7, 11) is 2.13. The van der Waals surface area contributed by atoms with Crippen LogP contribution in [0, 0.1) is 0 Å². The third-order valence-corrected chi connectivity index (χ3v) is 3.95. The molecule has 19 heavy (non-hydrogen) atoms. The summed E-state index contributed by atoms with van der Waals surface area (Å²) in [6.45, 7) is 5.21. The molecule has 0 bridgehead atoms. The van der Waals surface area contributed by atoms with Crippen LogP contribution in [0.2, 0.25) is 0 Å². The summed E-state index contributed by atoms with van der Waals surface area (Å²) in [6, 6.07) is 8.11. The van der Waals surface area contributed by atoms with Gasteiger partial charge in [0.2, 0.25) is 0 Å². The zero-order valence-corrected chi connectivity index (χ0v) is 11.8. The average molecular weight is 261 g/mol. The lowest BCUT2D eigenvalue weighted by Crippen LogP contribution is -2.52. The number of nitrogens with zero attached hydrogens (tertiary/aromatic N) is 2. The van der Waals surface area contributed by atoms with E-state index in [1.165, 1.54) is 0 Å². The molecule has 0 aromatic heterocycles. The minimum absolute atomic E-state index is 0.127. The van der Waals surface area contributed by atoms with E-state index in [-0.39, 0.29) is 5.91 Å². The van der Waals surface area contributed by atoms with Crippen LogP contribution in [0.3, 0.4) is 0 Å². The number of likely N-dealkylation sites (N-methyl/N-ethyl adjacent to an activating group) is 1. The minimum atomic E-state index is 0.127. The molecule has 4 nitrogen and oxygen atoms in total. The molecular formula is C15H23N3O. The van der Waals surface area contributed by atoms with Gasteiger partial charge in [-0.15, -0.1) is 0 Å². The van der Waals surface area contributed by atoms with Crippen molar-refractivity contribution in [1.29, 1.82) is 0 Å². The molecule has 1 saturated heterocycles. The van der Waals surface area contributed by atoms with Gasteiger partial charge in [-0.05, 0) is 31.2 Å². The van der Waals surface area contributed by atoms with Gasteiger partial charge in [-0.1, -0.05) is 19.1 Å². The molecular weight excluding hydrogens is 238 g/mol. The molecule has 104 valence electrons. The number of benzene rings is 1. The lowest BCUT2D eigenvalue weighted by atomic mass is 10.1. The second-order valence-corrected chi connectivity index (χ2v) is 5.20. The summed E-state index contributed by atoms with van der Waals surface area (Å²) in [5.41, 5.74) is 7.39. The third kappa shape index (κ3) is 3.14. The Balaban J connectivity index is 2.10. The van der Waals surface area contributed by atoms with Crippen molar-refractivity contribution < 1.29 is 4.79 Å². The van der Waals surface area contributed by atoms with Crippen LogP contribution in [-0.2, 0) is 6.54 Å². The highest BCUT2D eigenvalue weighted by Crippen LogP contribution is 2.15. The van der Waals surface area contributed by atoms with Crippen molar-refractivity contribution >= 4 is 5.91 Å². The first-order valence-corrected chi connectivity index (χ1v) is 6.94. The van der Waals surface area contributed by atoms with E-state index in [4.69, 9.17) is 5.73 Å². The number of hydrogen-bond donors (Lipinski definition) is 1. The Morgan fingerprint density at radius 1 is 1.42 bits per heavy atom. The van der Waals surface area contributed by atoms with E-state index < -0.39 is 0 Å². The first kappa shape index (κ1) is 14.0. The lowest BCUT2D eigenvalue weighted by Gasteiger charge is -2.39. The number of rotatable bonds is 3. The molecule has 0 spiro atoms. The number of piperazine rings is 1. The molecule has 1 aliphatic heterocycles. The first-order chi connectivity index (χ1) is 9.15. The number of hydrogen-bond acceptors (Lipinski definition) is 3. The number of carbonyl (C=O) groups is 1. The summed E-state index contributed by atoms with van der Waals surface area (Å²) < 4.78 is 0. The Morgan fingerprint density at radius 2 is 2.21 bits per heavy atom. The number of carbonyl (C=O) groups excluding carboxylic acids is 1. The van der Waals surface area contributed by atoms with E-state index in [1.54, 1.807) is 0 Å². The van der Waals surface area contributed by atoms with Crippen molar-refractivity contribution in [2.75, 3.05) is 26.7 Å². The fraction of sp³-hybridized carbons (Fsp3) is 0.533. The minimum Gasteiger partial charge on any atom is -0.336 e. The number of amides is 1. The molecule has 2 N–H and O–H groups in total. The largest absolute Gasteiger partial charge is 0.336 e. The van der Waals surface area contributed by atoms with E-state index in [0.717, 1.165) is 37.2 Å². The first-order valence-electron chi connectivity index (χ1n) is 6.94. The third-order valence-electron chi connectivity index (χ3n) is 3.95. The Hall–Kier alpha value is -1.39. The molecule has 0 radical (unpaired) electrons. The van der Waals surface area contributed by atoms with Gasteiger partial charge >= 0.3 is 0 Å². The van der Waals surface area contributed by atoms with Gasteiger partial charge in [-0.3, -0.25) is 9.69 Å². The van der Waals surface area contributed by atoms with Crippen molar-refractivity contribution in [3.63, 3.8) is 0 Å². The molecule has 1 aliphatic rings. The standard InChI is InChI=1S/C15H23N3O/c1-3-14-11-18(8-7-17(14)2)15(19)13-6-4-5-12(9-13)10-16/h4-6,9,14H,3,7-8,10-11,16H2,1-2H3. The van der Waals surface area contributed by atoms with Crippen LogP contribution in [-0.4, -0.2) is 48.4 Å². The molecule has 1 aromatic carbocycles. The van der Waals surface area contributed by atoms with Crippen LogP contribution in [0.15, 0.2) is 24.3 Å². The van der Waals surface area contributed by atoms with Crippen molar-refractivity contribution in [2.45, 2.75) is 25.9 Å².